The minimum Gasteiger partial charge on any atom is -0.364 e. The van der Waals surface area contributed by atoms with Gasteiger partial charge in [-0.05, 0) is 56.5 Å². The fourth-order valence-electron chi connectivity index (χ4n) is 4.11. The van der Waals surface area contributed by atoms with E-state index in [0.717, 1.165) is 29.2 Å². The van der Waals surface area contributed by atoms with E-state index in [2.05, 4.69) is 23.0 Å². The number of hydrogen-bond acceptors (Lipinski definition) is 6. The zero-order valence-corrected chi connectivity index (χ0v) is 21.7. The highest BCUT2D eigenvalue weighted by atomic mass is 35.5. The second-order valence-corrected chi connectivity index (χ2v) is 9.26. The van der Waals surface area contributed by atoms with Crippen LogP contribution in [-0.2, 0) is 4.74 Å². The SMILES string of the molecule is CCN(COC)c1ccc(N=C2C(C(C)C)=Nn3c2nc(-c2ccccc2Cl)c(C)c3=O)c(C)c1. The number of benzene rings is 2. The molecule has 7 nitrogen and oxygen atoms in total. The highest BCUT2D eigenvalue weighted by Crippen LogP contribution is 2.30. The number of fused-ring (bicyclic) bond motifs is 1. The minimum atomic E-state index is -0.224. The molecule has 1 aliphatic heterocycles. The van der Waals surface area contributed by atoms with Gasteiger partial charge in [0.1, 0.15) is 12.4 Å². The van der Waals surface area contributed by atoms with E-state index in [1.807, 2.05) is 51.1 Å². The fourth-order valence-corrected chi connectivity index (χ4v) is 4.33. The van der Waals surface area contributed by atoms with Gasteiger partial charge in [0, 0.05) is 35.5 Å². The van der Waals surface area contributed by atoms with Gasteiger partial charge in [-0.3, -0.25) is 4.79 Å². The van der Waals surface area contributed by atoms with Gasteiger partial charge in [0.15, 0.2) is 5.82 Å². The number of aryl methyl sites for hydroxylation is 1. The lowest BCUT2D eigenvalue weighted by Crippen LogP contribution is -2.25. The van der Waals surface area contributed by atoms with E-state index in [4.69, 9.17) is 26.3 Å². The maximum absolute atomic E-state index is 13.3. The molecule has 0 aliphatic carbocycles. The predicted octanol–water partition coefficient (Wildman–Crippen LogP) is 5.61. The molecule has 0 N–H and O–H groups in total. The zero-order valence-electron chi connectivity index (χ0n) is 21.0. The Balaban J connectivity index is 1.87. The number of nitrogens with zero attached hydrogens (tertiary/aromatic N) is 5. The van der Waals surface area contributed by atoms with Crippen LogP contribution in [0.4, 0.5) is 11.4 Å². The molecular weight excluding hydrogens is 462 g/mol. The molecule has 0 unspecified atom stereocenters. The van der Waals surface area contributed by atoms with Gasteiger partial charge in [-0.25, -0.2) is 9.98 Å². The Morgan fingerprint density at radius 3 is 2.54 bits per heavy atom. The molecule has 2 heterocycles. The predicted molar refractivity (Wildman–Crippen MR) is 144 cm³/mol. The lowest BCUT2D eigenvalue weighted by molar-refractivity contribution is 0.198. The van der Waals surface area contributed by atoms with Gasteiger partial charge in [0.2, 0.25) is 0 Å². The van der Waals surface area contributed by atoms with Crippen LogP contribution in [0.1, 0.15) is 37.7 Å². The summed E-state index contributed by atoms with van der Waals surface area (Å²) in [6, 6.07) is 13.5. The van der Waals surface area contributed by atoms with Crippen molar-refractivity contribution in [2.75, 3.05) is 25.3 Å². The molecule has 0 saturated heterocycles. The molecule has 0 spiro atoms. The van der Waals surface area contributed by atoms with Gasteiger partial charge < -0.3 is 9.64 Å². The van der Waals surface area contributed by atoms with E-state index in [9.17, 15) is 4.79 Å². The van der Waals surface area contributed by atoms with Gasteiger partial charge in [0.05, 0.1) is 17.1 Å². The molecule has 0 amide bonds. The van der Waals surface area contributed by atoms with Gasteiger partial charge in [-0.15, -0.1) is 0 Å². The Morgan fingerprint density at radius 1 is 1.17 bits per heavy atom. The van der Waals surface area contributed by atoms with Crippen LogP contribution in [0.2, 0.25) is 5.02 Å². The van der Waals surface area contributed by atoms with Crippen molar-refractivity contribution < 1.29 is 4.74 Å². The summed E-state index contributed by atoms with van der Waals surface area (Å²) in [6.07, 6.45) is 0. The second kappa shape index (κ2) is 10.1. The largest absolute Gasteiger partial charge is 0.364 e. The molecule has 0 fully saturated rings. The highest BCUT2D eigenvalue weighted by molar-refractivity contribution is 6.49. The van der Waals surface area contributed by atoms with Crippen molar-refractivity contribution in [2.45, 2.75) is 34.6 Å². The minimum absolute atomic E-state index is 0.0517. The van der Waals surface area contributed by atoms with E-state index < -0.39 is 0 Å². The van der Waals surface area contributed by atoms with E-state index in [1.54, 1.807) is 20.1 Å². The number of halogens is 1. The summed E-state index contributed by atoms with van der Waals surface area (Å²) in [5.74, 6) is 0.480. The summed E-state index contributed by atoms with van der Waals surface area (Å²) < 4.78 is 6.68. The molecule has 2 aromatic carbocycles. The van der Waals surface area contributed by atoms with Crippen LogP contribution >= 0.6 is 11.6 Å². The quantitative estimate of drug-likeness (QED) is 0.403. The Bertz CT molecular complexity index is 1390. The molecule has 182 valence electrons. The molecule has 0 atom stereocenters. The number of ether oxygens (including phenoxy) is 1. The molecule has 3 aromatic rings. The third-order valence-electron chi connectivity index (χ3n) is 6.07. The fraction of sp³-hybridized carbons (Fsp3) is 0.333. The van der Waals surface area contributed by atoms with Crippen molar-refractivity contribution in [1.29, 1.82) is 0 Å². The number of methoxy groups -OCH3 is 1. The molecule has 35 heavy (non-hydrogen) atoms. The number of aromatic nitrogens is 2. The maximum atomic E-state index is 13.3. The van der Waals surface area contributed by atoms with Crippen LogP contribution in [-0.4, -0.2) is 41.5 Å². The van der Waals surface area contributed by atoms with E-state index in [1.165, 1.54) is 4.68 Å². The summed E-state index contributed by atoms with van der Waals surface area (Å²) in [6.45, 7) is 11.3. The molecule has 1 aliphatic rings. The van der Waals surface area contributed by atoms with Crippen molar-refractivity contribution in [3.8, 4) is 11.3 Å². The normalized spacial score (nSPS) is 13.9. The molecule has 0 bridgehead atoms. The third-order valence-corrected chi connectivity index (χ3v) is 6.40. The van der Waals surface area contributed by atoms with Crippen molar-refractivity contribution in [3.63, 3.8) is 0 Å². The van der Waals surface area contributed by atoms with Crippen molar-refractivity contribution >= 4 is 34.4 Å². The molecule has 1 aromatic heterocycles. The van der Waals surface area contributed by atoms with Crippen LogP contribution < -0.4 is 10.5 Å². The second-order valence-electron chi connectivity index (χ2n) is 8.85. The first-order valence-electron chi connectivity index (χ1n) is 11.7. The van der Waals surface area contributed by atoms with Crippen LogP contribution in [0.3, 0.4) is 0 Å². The summed E-state index contributed by atoms with van der Waals surface area (Å²) in [7, 11) is 1.69. The van der Waals surface area contributed by atoms with Gasteiger partial charge in [0.25, 0.3) is 5.56 Å². The summed E-state index contributed by atoms with van der Waals surface area (Å²) in [5, 5.41) is 5.17. The monoisotopic (exact) mass is 491 g/mol. The number of rotatable bonds is 7. The Labute approximate surface area is 210 Å². The number of anilines is 1. The molecular formula is C27H30ClN5O2. The van der Waals surface area contributed by atoms with Crippen LogP contribution in [0, 0.1) is 19.8 Å². The number of hydrogen-bond donors (Lipinski definition) is 0. The van der Waals surface area contributed by atoms with E-state index in [-0.39, 0.29) is 11.5 Å². The Hall–Kier alpha value is -3.29. The topological polar surface area (TPSA) is 72.1 Å². The summed E-state index contributed by atoms with van der Waals surface area (Å²) >= 11 is 6.45. The lowest BCUT2D eigenvalue weighted by Gasteiger charge is -2.22. The van der Waals surface area contributed by atoms with Crippen LogP contribution in [0.5, 0.6) is 0 Å². The highest BCUT2D eigenvalue weighted by Gasteiger charge is 2.30. The Morgan fingerprint density at radius 2 is 1.91 bits per heavy atom. The van der Waals surface area contributed by atoms with Crippen molar-refractivity contribution in [2.24, 2.45) is 16.0 Å². The van der Waals surface area contributed by atoms with Gasteiger partial charge in [-0.1, -0.05) is 43.6 Å². The average Bonchev–Trinajstić information content (AvgIpc) is 3.20. The van der Waals surface area contributed by atoms with Gasteiger partial charge in [-0.2, -0.15) is 9.78 Å². The first-order valence-corrected chi connectivity index (χ1v) is 12.1. The Kier molecular flexibility index (Phi) is 7.19. The average molecular weight is 492 g/mol. The zero-order chi connectivity index (χ0) is 25.3. The third kappa shape index (κ3) is 4.66. The summed E-state index contributed by atoms with van der Waals surface area (Å²) in [4.78, 5) is 25.3. The van der Waals surface area contributed by atoms with Crippen molar-refractivity contribution in [1.82, 2.24) is 9.66 Å². The van der Waals surface area contributed by atoms with Gasteiger partial charge >= 0.3 is 0 Å². The molecule has 8 heteroatoms. The van der Waals surface area contributed by atoms with Crippen molar-refractivity contribution in [3.05, 3.63) is 74.8 Å². The standard InChI is InChI=1S/C27H30ClN5O2/c1-7-32(15-35-6)19-12-13-22(17(4)14-19)29-25-23(16(2)3)31-33-26(25)30-24(18(5)27(33)34)20-10-8-9-11-21(20)28/h8-14,16H,7,15H2,1-6H3. The van der Waals surface area contributed by atoms with E-state index in [0.29, 0.717) is 40.1 Å². The first kappa shape index (κ1) is 24.8. The molecule has 4 rings (SSSR count). The maximum Gasteiger partial charge on any atom is 0.278 e. The lowest BCUT2D eigenvalue weighted by atomic mass is 10.0. The smallest absolute Gasteiger partial charge is 0.278 e. The number of aliphatic imine (C=N–C) groups is 1. The van der Waals surface area contributed by atoms with Crippen LogP contribution in [0.25, 0.3) is 11.3 Å². The molecule has 0 radical (unpaired) electrons. The van der Waals surface area contributed by atoms with Crippen LogP contribution in [0.15, 0.2) is 57.4 Å². The van der Waals surface area contributed by atoms with E-state index >= 15 is 0 Å². The molecule has 0 saturated carbocycles. The first-order chi connectivity index (χ1) is 16.8. The summed E-state index contributed by atoms with van der Waals surface area (Å²) in [5.41, 5.74) is 5.72.